The molecule has 0 radical (unpaired) electrons. The molecule has 0 spiro atoms. The standard InChI is InChI=1S/C21H14Cl2N2O3S/c22-16-9-13(10-17(23)19(16)26)11-18-20(27)25(12-15-7-4-8-28-15)21(29-18)24-14-5-2-1-3-6-14/h1-11,26H,12H2. The van der Waals surface area contributed by atoms with E-state index in [1.165, 1.54) is 11.8 Å². The van der Waals surface area contributed by atoms with Crippen molar-refractivity contribution in [1.29, 1.82) is 0 Å². The zero-order valence-corrected chi connectivity index (χ0v) is 17.2. The Kier molecular flexibility index (Phi) is 5.67. The van der Waals surface area contributed by atoms with Crippen LogP contribution < -0.4 is 0 Å². The number of aliphatic imine (C=N–C) groups is 1. The molecule has 8 heteroatoms. The van der Waals surface area contributed by atoms with Crippen molar-refractivity contribution in [3.05, 3.63) is 87.1 Å². The van der Waals surface area contributed by atoms with E-state index in [2.05, 4.69) is 4.99 Å². The predicted molar refractivity (Wildman–Crippen MR) is 116 cm³/mol. The number of hydrogen-bond acceptors (Lipinski definition) is 5. The molecule has 1 amide bonds. The molecule has 146 valence electrons. The van der Waals surface area contributed by atoms with Gasteiger partial charge in [0.2, 0.25) is 0 Å². The average molecular weight is 445 g/mol. The van der Waals surface area contributed by atoms with Crippen molar-refractivity contribution >= 4 is 57.8 Å². The number of carbonyl (C=O) groups is 1. The van der Waals surface area contributed by atoms with Gasteiger partial charge in [0.1, 0.15) is 5.76 Å². The molecule has 2 aromatic carbocycles. The van der Waals surface area contributed by atoms with Gasteiger partial charge in [-0.05, 0) is 59.8 Å². The summed E-state index contributed by atoms with van der Waals surface area (Å²) in [4.78, 5) is 19.7. The molecule has 1 fully saturated rings. The molecule has 0 aliphatic carbocycles. The van der Waals surface area contributed by atoms with E-state index in [9.17, 15) is 9.90 Å². The highest BCUT2D eigenvalue weighted by Crippen LogP contribution is 2.38. The van der Waals surface area contributed by atoms with E-state index < -0.39 is 0 Å². The predicted octanol–water partition coefficient (Wildman–Crippen LogP) is 6.10. The fourth-order valence-corrected chi connectivity index (χ4v) is 4.22. The number of hydrogen-bond donors (Lipinski definition) is 1. The highest BCUT2D eigenvalue weighted by molar-refractivity contribution is 8.18. The Labute approximate surface area is 181 Å². The number of phenols is 1. The van der Waals surface area contributed by atoms with E-state index in [1.54, 1.807) is 41.5 Å². The normalized spacial score (nSPS) is 16.9. The smallest absolute Gasteiger partial charge is 0.267 e. The molecule has 1 aliphatic heterocycles. The van der Waals surface area contributed by atoms with Crippen molar-refractivity contribution in [3.8, 4) is 5.75 Å². The van der Waals surface area contributed by atoms with Crippen molar-refractivity contribution in [2.24, 2.45) is 4.99 Å². The Morgan fingerprint density at radius 2 is 1.83 bits per heavy atom. The van der Waals surface area contributed by atoms with Crippen LogP contribution in [0.2, 0.25) is 10.0 Å². The number of furan rings is 1. The van der Waals surface area contributed by atoms with Gasteiger partial charge in [0.15, 0.2) is 10.9 Å². The number of aromatic hydroxyl groups is 1. The number of benzene rings is 2. The van der Waals surface area contributed by atoms with Gasteiger partial charge in [0.05, 0.1) is 33.4 Å². The van der Waals surface area contributed by atoms with Crippen LogP contribution in [-0.2, 0) is 11.3 Å². The highest BCUT2D eigenvalue weighted by Gasteiger charge is 2.34. The van der Waals surface area contributed by atoms with Crippen LogP contribution in [0, 0.1) is 0 Å². The maximum Gasteiger partial charge on any atom is 0.267 e. The first-order chi connectivity index (χ1) is 14.0. The first-order valence-electron chi connectivity index (χ1n) is 8.57. The topological polar surface area (TPSA) is 66.0 Å². The lowest BCUT2D eigenvalue weighted by molar-refractivity contribution is -0.122. The maximum atomic E-state index is 13.1. The number of rotatable bonds is 4. The molecule has 1 aromatic heterocycles. The second-order valence-corrected chi connectivity index (χ2v) is 7.97. The number of amides is 1. The number of thioether (sulfide) groups is 1. The van der Waals surface area contributed by atoms with Crippen molar-refractivity contribution in [3.63, 3.8) is 0 Å². The van der Waals surface area contributed by atoms with Crippen LogP contribution in [-0.4, -0.2) is 21.1 Å². The first kappa shape index (κ1) is 19.6. The molecule has 0 bridgehead atoms. The highest BCUT2D eigenvalue weighted by atomic mass is 35.5. The Morgan fingerprint density at radius 3 is 2.48 bits per heavy atom. The number of phenolic OH excluding ortho intramolecular Hbond substituents is 1. The van der Waals surface area contributed by atoms with Crippen molar-refractivity contribution < 1.29 is 14.3 Å². The summed E-state index contributed by atoms with van der Waals surface area (Å²) in [7, 11) is 0. The largest absolute Gasteiger partial charge is 0.505 e. The summed E-state index contributed by atoms with van der Waals surface area (Å²) in [5.74, 6) is 0.254. The van der Waals surface area contributed by atoms with E-state index in [-0.39, 0.29) is 28.2 Å². The minimum absolute atomic E-state index is 0.116. The lowest BCUT2D eigenvalue weighted by Gasteiger charge is -2.13. The van der Waals surface area contributed by atoms with Gasteiger partial charge < -0.3 is 9.52 Å². The van der Waals surface area contributed by atoms with Crippen LogP contribution in [0.15, 0.2) is 75.2 Å². The zero-order valence-electron chi connectivity index (χ0n) is 14.9. The van der Waals surface area contributed by atoms with Gasteiger partial charge in [0, 0.05) is 0 Å². The van der Waals surface area contributed by atoms with Crippen LogP contribution in [0.3, 0.4) is 0 Å². The van der Waals surface area contributed by atoms with E-state index in [0.717, 1.165) is 5.69 Å². The molecule has 0 unspecified atom stereocenters. The second kappa shape index (κ2) is 8.37. The molecule has 0 saturated carbocycles. The van der Waals surface area contributed by atoms with Crippen LogP contribution >= 0.6 is 35.0 Å². The number of halogens is 2. The van der Waals surface area contributed by atoms with Gasteiger partial charge in [-0.25, -0.2) is 4.99 Å². The summed E-state index contributed by atoms with van der Waals surface area (Å²) < 4.78 is 5.40. The maximum absolute atomic E-state index is 13.1. The number of para-hydroxylation sites is 1. The Balaban J connectivity index is 1.71. The lowest BCUT2D eigenvalue weighted by Crippen LogP contribution is -2.28. The molecule has 2 heterocycles. The molecule has 0 atom stereocenters. The quantitative estimate of drug-likeness (QED) is 0.493. The first-order valence-corrected chi connectivity index (χ1v) is 10.1. The van der Waals surface area contributed by atoms with Crippen molar-refractivity contribution in [2.45, 2.75) is 6.54 Å². The molecule has 1 saturated heterocycles. The third-order valence-electron chi connectivity index (χ3n) is 4.10. The van der Waals surface area contributed by atoms with Crippen LogP contribution in [0.1, 0.15) is 11.3 Å². The van der Waals surface area contributed by atoms with E-state index in [1.807, 2.05) is 30.3 Å². The van der Waals surface area contributed by atoms with Gasteiger partial charge in [-0.1, -0.05) is 41.4 Å². The summed E-state index contributed by atoms with van der Waals surface area (Å²) in [6.45, 7) is 0.263. The second-order valence-electron chi connectivity index (χ2n) is 6.14. The summed E-state index contributed by atoms with van der Waals surface area (Å²) >= 11 is 13.2. The zero-order chi connectivity index (χ0) is 20.4. The minimum Gasteiger partial charge on any atom is -0.505 e. The van der Waals surface area contributed by atoms with Gasteiger partial charge in [0.25, 0.3) is 5.91 Å². The summed E-state index contributed by atoms with van der Waals surface area (Å²) in [5.41, 5.74) is 1.34. The van der Waals surface area contributed by atoms with E-state index in [0.29, 0.717) is 21.4 Å². The Morgan fingerprint density at radius 1 is 1.10 bits per heavy atom. The van der Waals surface area contributed by atoms with Gasteiger partial charge >= 0.3 is 0 Å². The molecule has 3 aromatic rings. The molecule has 1 aliphatic rings. The lowest BCUT2D eigenvalue weighted by atomic mass is 10.2. The Bertz CT molecular complexity index is 1090. The summed E-state index contributed by atoms with van der Waals surface area (Å²) in [5, 5.41) is 10.5. The van der Waals surface area contributed by atoms with E-state index in [4.69, 9.17) is 27.6 Å². The van der Waals surface area contributed by atoms with Crippen molar-refractivity contribution in [1.82, 2.24) is 4.90 Å². The third kappa shape index (κ3) is 4.34. The van der Waals surface area contributed by atoms with E-state index >= 15 is 0 Å². The van der Waals surface area contributed by atoms with Crippen LogP contribution in [0.4, 0.5) is 5.69 Å². The summed E-state index contributed by atoms with van der Waals surface area (Å²) in [6.07, 6.45) is 3.24. The SMILES string of the molecule is O=C1C(=Cc2cc(Cl)c(O)c(Cl)c2)SC(=Nc2ccccc2)N1Cc1ccco1. The van der Waals surface area contributed by atoms with Crippen molar-refractivity contribution in [2.75, 3.05) is 0 Å². The molecule has 4 rings (SSSR count). The van der Waals surface area contributed by atoms with Gasteiger partial charge in [-0.15, -0.1) is 0 Å². The fourth-order valence-electron chi connectivity index (χ4n) is 2.72. The average Bonchev–Trinajstić information content (AvgIpc) is 3.31. The molecule has 5 nitrogen and oxygen atoms in total. The molecular weight excluding hydrogens is 431 g/mol. The van der Waals surface area contributed by atoms with Crippen LogP contribution in [0.5, 0.6) is 5.75 Å². The number of carbonyl (C=O) groups excluding carboxylic acids is 1. The van der Waals surface area contributed by atoms with Gasteiger partial charge in [-0.2, -0.15) is 0 Å². The third-order valence-corrected chi connectivity index (χ3v) is 5.68. The molecule has 1 N–H and O–H groups in total. The number of amidine groups is 1. The molecular formula is C21H14Cl2N2O3S. The fraction of sp³-hybridized carbons (Fsp3) is 0.0476. The summed E-state index contributed by atoms with van der Waals surface area (Å²) in [6, 6.07) is 16.1. The Hall–Kier alpha value is -2.67. The van der Waals surface area contributed by atoms with Crippen LogP contribution in [0.25, 0.3) is 6.08 Å². The minimum atomic E-state index is -0.207. The molecule has 29 heavy (non-hydrogen) atoms. The van der Waals surface area contributed by atoms with Gasteiger partial charge in [-0.3, -0.25) is 9.69 Å². The number of nitrogens with zero attached hydrogens (tertiary/aromatic N) is 2. The monoisotopic (exact) mass is 444 g/mol.